The summed E-state index contributed by atoms with van der Waals surface area (Å²) in [7, 11) is -3.28. The molecule has 1 fully saturated rings. The van der Waals surface area contributed by atoms with Crippen LogP contribution in [0, 0.1) is 6.92 Å². The maximum absolute atomic E-state index is 12.7. The molecule has 0 unspecified atom stereocenters. The second kappa shape index (κ2) is 7.16. The first-order chi connectivity index (χ1) is 12.3. The van der Waals surface area contributed by atoms with Gasteiger partial charge in [-0.15, -0.1) is 0 Å². The molecule has 2 heterocycles. The summed E-state index contributed by atoms with van der Waals surface area (Å²) in [6, 6.07) is 7.00. The second-order valence-electron chi connectivity index (χ2n) is 6.50. The average molecular weight is 378 g/mol. The highest BCUT2D eigenvalue weighted by Gasteiger charge is 2.31. The molecular formula is C17H22N4O4S. The fourth-order valence-corrected chi connectivity index (χ4v) is 4.07. The number of hydrogen-bond acceptors (Lipinski definition) is 6. The van der Waals surface area contributed by atoms with Crippen LogP contribution in [0.1, 0.15) is 30.1 Å². The van der Waals surface area contributed by atoms with Gasteiger partial charge in [-0.25, -0.2) is 8.42 Å². The molecule has 2 aromatic rings. The Morgan fingerprint density at radius 2 is 1.73 bits per heavy atom. The molecule has 9 heteroatoms. The van der Waals surface area contributed by atoms with Gasteiger partial charge in [-0.05, 0) is 26.0 Å². The van der Waals surface area contributed by atoms with E-state index in [9.17, 15) is 13.2 Å². The summed E-state index contributed by atoms with van der Waals surface area (Å²) in [6.07, 6.45) is 0. The average Bonchev–Trinajstić information content (AvgIpc) is 3.07. The van der Waals surface area contributed by atoms with Crippen LogP contribution in [-0.4, -0.2) is 65.1 Å². The number of hydrogen-bond donors (Lipinski definition) is 0. The summed E-state index contributed by atoms with van der Waals surface area (Å²) < 4.78 is 30.8. The van der Waals surface area contributed by atoms with E-state index in [0.717, 1.165) is 5.56 Å². The predicted molar refractivity (Wildman–Crippen MR) is 96.0 cm³/mol. The van der Waals surface area contributed by atoms with E-state index in [0.29, 0.717) is 43.5 Å². The highest BCUT2D eigenvalue weighted by atomic mass is 32.2. The van der Waals surface area contributed by atoms with Gasteiger partial charge in [-0.3, -0.25) is 4.79 Å². The van der Waals surface area contributed by atoms with Gasteiger partial charge in [-0.2, -0.15) is 9.29 Å². The lowest BCUT2D eigenvalue weighted by Crippen LogP contribution is -2.51. The van der Waals surface area contributed by atoms with Crippen molar-refractivity contribution in [1.82, 2.24) is 19.3 Å². The summed E-state index contributed by atoms with van der Waals surface area (Å²) in [5.41, 5.74) is 1.32. The number of piperazine rings is 1. The molecule has 8 nitrogen and oxygen atoms in total. The molecule has 140 valence electrons. The number of rotatable bonds is 4. The van der Waals surface area contributed by atoms with Crippen molar-refractivity contribution in [2.45, 2.75) is 26.0 Å². The number of aromatic nitrogens is 2. The van der Waals surface area contributed by atoms with Crippen molar-refractivity contribution < 1.29 is 17.7 Å². The quantitative estimate of drug-likeness (QED) is 0.801. The Morgan fingerprint density at radius 3 is 2.23 bits per heavy atom. The number of nitrogens with zero attached hydrogens (tertiary/aromatic N) is 4. The van der Waals surface area contributed by atoms with Crippen molar-refractivity contribution >= 4 is 15.9 Å². The fourth-order valence-electron chi connectivity index (χ4n) is 2.80. The van der Waals surface area contributed by atoms with Gasteiger partial charge >= 0.3 is 0 Å². The minimum absolute atomic E-state index is 0.109. The van der Waals surface area contributed by atoms with E-state index in [1.807, 2.05) is 0 Å². The van der Waals surface area contributed by atoms with Crippen LogP contribution in [0.3, 0.4) is 0 Å². The van der Waals surface area contributed by atoms with E-state index in [-0.39, 0.29) is 5.91 Å². The maximum Gasteiger partial charge on any atom is 0.253 e. The molecule has 0 radical (unpaired) electrons. The van der Waals surface area contributed by atoms with Crippen molar-refractivity contribution in [2.75, 3.05) is 26.2 Å². The largest absolute Gasteiger partial charge is 0.339 e. The zero-order valence-electron chi connectivity index (χ0n) is 15.0. The molecule has 0 saturated carbocycles. The molecule has 1 amide bonds. The van der Waals surface area contributed by atoms with Gasteiger partial charge in [0, 0.05) is 44.2 Å². The second-order valence-corrected chi connectivity index (χ2v) is 8.99. The molecule has 1 saturated heterocycles. The minimum atomic E-state index is -3.28. The molecule has 3 rings (SSSR count). The third kappa shape index (κ3) is 3.63. The monoisotopic (exact) mass is 378 g/mol. The Balaban J connectivity index is 1.65. The zero-order chi connectivity index (χ0) is 18.9. The Labute approximate surface area is 152 Å². The van der Waals surface area contributed by atoms with Crippen LogP contribution in [0.2, 0.25) is 0 Å². The van der Waals surface area contributed by atoms with Gasteiger partial charge in [0.1, 0.15) is 0 Å². The van der Waals surface area contributed by atoms with Crippen molar-refractivity contribution in [2.24, 2.45) is 0 Å². The molecule has 1 aromatic heterocycles. The first kappa shape index (κ1) is 18.5. The van der Waals surface area contributed by atoms with E-state index in [1.54, 1.807) is 49.9 Å². The third-order valence-electron chi connectivity index (χ3n) is 4.40. The predicted octanol–water partition coefficient (Wildman–Crippen LogP) is 1.54. The molecule has 26 heavy (non-hydrogen) atoms. The topological polar surface area (TPSA) is 96.6 Å². The molecule has 1 aliphatic heterocycles. The number of sulfonamides is 1. The van der Waals surface area contributed by atoms with E-state index in [2.05, 4.69) is 10.1 Å². The molecule has 1 aromatic carbocycles. The van der Waals surface area contributed by atoms with Gasteiger partial charge in [0.05, 0.1) is 5.25 Å². The van der Waals surface area contributed by atoms with Crippen LogP contribution in [0.4, 0.5) is 0 Å². The highest BCUT2D eigenvalue weighted by molar-refractivity contribution is 7.89. The summed E-state index contributed by atoms with van der Waals surface area (Å²) >= 11 is 0. The third-order valence-corrected chi connectivity index (χ3v) is 6.68. The summed E-state index contributed by atoms with van der Waals surface area (Å²) in [4.78, 5) is 18.5. The van der Waals surface area contributed by atoms with Gasteiger partial charge < -0.3 is 9.42 Å². The lowest BCUT2D eigenvalue weighted by molar-refractivity contribution is 0.0697. The van der Waals surface area contributed by atoms with Crippen LogP contribution in [0.5, 0.6) is 0 Å². The van der Waals surface area contributed by atoms with E-state index >= 15 is 0 Å². The van der Waals surface area contributed by atoms with Crippen molar-refractivity contribution in [3.8, 4) is 11.4 Å². The maximum atomic E-state index is 12.7. The van der Waals surface area contributed by atoms with Crippen LogP contribution >= 0.6 is 0 Å². The Hall–Kier alpha value is -2.26. The standard InChI is InChI=1S/C17H22N4O4S/c1-12(2)26(23,24)21-10-8-20(9-11-21)17(22)15-6-4-14(5-7-15)16-18-13(3)25-19-16/h4-7,12H,8-11H2,1-3H3. The van der Waals surface area contributed by atoms with Crippen molar-refractivity contribution in [1.29, 1.82) is 0 Å². The SMILES string of the molecule is Cc1nc(-c2ccc(C(=O)N3CCN(S(=O)(=O)C(C)C)CC3)cc2)no1. The van der Waals surface area contributed by atoms with Gasteiger partial charge in [-0.1, -0.05) is 17.3 Å². The molecule has 0 atom stereocenters. The van der Waals surface area contributed by atoms with Crippen LogP contribution < -0.4 is 0 Å². The van der Waals surface area contributed by atoms with Crippen molar-refractivity contribution in [3.05, 3.63) is 35.7 Å². The van der Waals surface area contributed by atoms with Gasteiger partial charge in [0.25, 0.3) is 5.91 Å². The van der Waals surface area contributed by atoms with Crippen molar-refractivity contribution in [3.63, 3.8) is 0 Å². The number of amides is 1. The lowest BCUT2D eigenvalue weighted by Gasteiger charge is -2.35. The fraction of sp³-hybridized carbons (Fsp3) is 0.471. The number of carbonyl (C=O) groups excluding carboxylic acids is 1. The van der Waals surface area contributed by atoms with Crippen LogP contribution in [0.25, 0.3) is 11.4 Å². The van der Waals surface area contributed by atoms with E-state index in [1.165, 1.54) is 4.31 Å². The smallest absolute Gasteiger partial charge is 0.253 e. The first-order valence-electron chi connectivity index (χ1n) is 8.48. The molecule has 0 aliphatic carbocycles. The molecule has 1 aliphatic rings. The van der Waals surface area contributed by atoms with Crippen LogP contribution in [0.15, 0.2) is 28.8 Å². The van der Waals surface area contributed by atoms with Crippen LogP contribution in [-0.2, 0) is 10.0 Å². The summed E-state index contributed by atoms with van der Waals surface area (Å²) in [6.45, 7) is 6.47. The van der Waals surface area contributed by atoms with E-state index < -0.39 is 15.3 Å². The summed E-state index contributed by atoms with van der Waals surface area (Å²) in [5.74, 6) is 0.853. The highest BCUT2D eigenvalue weighted by Crippen LogP contribution is 2.18. The number of benzene rings is 1. The van der Waals surface area contributed by atoms with Gasteiger partial charge in [0.15, 0.2) is 0 Å². The number of aryl methyl sites for hydroxylation is 1. The Kier molecular flexibility index (Phi) is 5.10. The molecule has 0 bridgehead atoms. The minimum Gasteiger partial charge on any atom is -0.339 e. The van der Waals surface area contributed by atoms with Gasteiger partial charge in [0.2, 0.25) is 21.7 Å². The number of carbonyl (C=O) groups is 1. The Morgan fingerprint density at radius 1 is 1.12 bits per heavy atom. The van der Waals surface area contributed by atoms with E-state index in [4.69, 9.17) is 4.52 Å². The molecule has 0 N–H and O–H groups in total. The summed E-state index contributed by atoms with van der Waals surface area (Å²) in [5, 5.41) is 3.40. The first-order valence-corrected chi connectivity index (χ1v) is 9.98. The normalized spacial score (nSPS) is 16.2. The zero-order valence-corrected chi connectivity index (χ0v) is 15.9. The molecular weight excluding hydrogens is 356 g/mol. The molecule has 0 spiro atoms. The lowest BCUT2D eigenvalue weighted by atomic mass is 10.1. The Bertz CT molecular complexity index is 882.